The minimum atomic E-state index is -0.989. The molecule has 0 spiro atoms. The molecule has 2 aromatic heterocycles. The zero-order valence-electron chi connectivity index (χ0n) is 13.6. The summed E-state index contributed by atoms with van der Waals surface area (Å²) >= 11 is 0. The Hall–Kier alpha value is -3.48. The van der Waals surface area contributed by atoms with Crippen LogP contribution in [0, 0.1) is 0 Å². The van der Waals surface area contributed by atoms with Crippen molar-refractivity contribution in [3.05, 3.63) is 74.2 Å². The number of carboxylic acid groups (broad SMARTS) is 1. The third-order valence-corrected chi connectivity index (χ3v) is 3.86. The number of hydrogen-bond acceptors (Lipinski definition) is 4. The van der Waals surface area contributed by atoms with Gasteiger partial charge in [0.1, 0.15) is 0 Å². The molecule has 0 aliphatic heterocycles. The van der Waals surface area contributed by atoms with Crippen LogP contribution >= 0.6 is 0 Å². The molecule has 1 N–H and O–H groups in total. The Kier molecular flexibility index (Phi) is 4.06. The molecule has 7 heteroatoms. The normalized spacial score (nSPS) is 11.3. The summed E-state index contributed by atoms with van der Waals surface area (Å²) in [6.07, 6.45) is 4.74. The van der Waals surface area contributed by atoms with Gasteiger partial charge in [0.05, 0.1) is 22.3 Å². The highest BCUT2D eigenvalue weighted by Crippen LogP contribution is 2.16. The van der Waals surface area contributed by atoms with E-state index in [9.17, 15) is 14.4 Å². The lowest BCUT2D eigenvalue weighted by Gasteiger charge is -2.03. The van der Waals surface area contributed by atoms with Gasteiger partial charge < -0.3 is 9.67 Å². The van der Waals surface area contributed by atoms with Crippen molar-refractivity contribution < 1.29 is 9.90 Å². The van der Waals surface area contributed by atoms with Crippen molar-refractivity contribution in [2.75, 3.05) is 0 Å². The van der Waals surface area contributed by atoms with Gasteiger partial charge in [-0.1, -0.05) is 6.07 Å². The molecule has 126 valence electrons. The third-order valence-electron chi connectivity index (χ3n) is 3.86. The predicted molar refractivity (Wildman–Crippen MR) is 94.6 cm³/mol. The first-order valence-electron chi connectivity index (χ1n) is 7.45. The van der Waals surface area contributed by atoms with Crippen LogP contribution in [0.5, 0.6) is 0 Å². The van der Waals surface area contributed by atoms with Gasteiger partial charge in [0, 0.05) is 25.7 Å². The first kappa shape index (κ1) is 16.4. The van der Waals surface area contributed by atoms with Gasteiger partial charge in [-0.05, 0) is 36.4 Å². The summed E-state index contributed by atoms with van der Waals surface area (Å²) in [6.45, 7) is 0. The topological polar surface area (TPSA) is 94.2 Å². The first-order chi connectivity index (χ1) is 11.9. The van der Waals surface area contributed by atoms with E-state index in [1.165, 1.54) is 23.9 Å². The second kappa shape index (κ2) is 6.20. The zero-order valence-corrected chi connectivity index (χ0v) is 13.6. The molecule has 0 aliphatic carbocycles. The maximum Gasteiger partial charge on any atom is 0.335 e. The molecule has 0 aliphatic rings. The van der Waals surface area contributed by atoms with E-state index in [1.807, 2.05) is 0 Å². The molecule has 7 nitrogen and oxygen atoms in total. The highest BCUT2D eigenvalue weighted by atomic mass is 16.4. The smallest absolute Gasteiger partial charge is 0.335 e. The maximum absolute atomic E-state index is 12.1. The number of pyridine rings is 1. The average molecular weight is 337 g/mol. The quantitative estimate of drug-likeness (QED) is 0.781. The Balaban J connectivity index is 2.00. The lowest BCUT2D eigenvalue weighted by atomic mass is 10.1. The minimum absolute atomic E-state index is 0.200. The highest BCUT2D eigenvalue weighted by molar-refractivity contribution is 5.93. The summed E-state index contributed by atoms with van der Waals surface area (Å²) in [5.74, 6) is -0.989. The number of aromatic nitrogens is 3. The van der Waals surface area contributed by atoms with Crippen molar-refractivity contribution in [1.82, 2.24) is 14.1 Å². The zero-order chi connectivity index (χ0) is 18.1. The summed E-state index contributed by atoms with van der Waals surface area (Å²) in [6, 6.07) is 8.19. The maximum atomic E-state index is 12.1. The van der Waals surface area contributed by atoms with Gasteiger partial charge in [-0.3, -0.25) is 9.36 Å². The summed E-state index contributed by atoms with van der Waals surface area (Å²) < 4.78 is 2.38. The minimum Gasteiger partial charge on any atom is -0.478 e. The van der Waals surface area contributed by atoms with Gasteiger partial charge in [0.25, 0.3) is 5.56 Å². The van der Waals surface area contributed by atoms with Gasteiger partial charge in [0.2, 0.25) is 0 Å². The van der Waals surface area contributed by atoms with Crippen molar-refractivity contribution >= 4 is 29.0 Å². The van der Waals surface area contributed by atoms with E-state index < -0.39 is 5.97 Å². The molecule has 0 saturated heterocycles. The predicted octanol–water partition coefficient (Wildman–Crippen LogP) is 1.50. The number of nitrogens with zero attached hydrogens (tertiary/aromatic N) is 3. The van der Waals surface area contributed by atoms with Crippen molar-refractivity contribution in [2.24, 2.45) is 14.1 Å². The number of carboxylic acids is 1. The van der Waals surface area contributed by atoms with Crippen molar-refractivity contribution in [1.29, 1.82) is 0 Å². The Bertz CT molecular complexity index is 1140. The third kappa shape index (κ3) is 3.12. The van der Waals surface area contributed by atoms with Gasteiger partial charge in [-0.25, -0.2) is 14.6 Å². The molecule has 25 heavy (non-hydrogen) atoms. The molecule has 3 rings (SSSR count). The molecule has 0 saturated carbocycles. The van der Waals surface area contributed by atoms with Gasteiger partial charge in [-0.15, -0.1) is 0 Å². The average Bonchev–Trinajstić information content (AvgIpc) is 2.61. The Morgan fingerprint density at radius 2 is 1.88 bits per heavy atom. The van der Waals surface area contributed by atoms with Crippen LogP contribution in [-0.2, 0) is 14.1 Å². The van der Waals surface area contributed by atoms with Crippen LogP contribution in [0.1, 0.15) is 21.6 Å². The molecule has 2 heterocycles. The van der Waals surface area contributed by atoms with Crippen LogP contribution in [0.25, 0.3) is 23.1 Å². The second-order valence-electron chi connectivity index (χ2n) is 5.62. The molecule has 0 unspecified atom stereocenters. The summed E-state index contributed by atoms with van der Waals surface area (Å²) in [5.41, 5.74) is 1.07. The summed E-state index contributed by atoms with van der Waals surface area (Å²) in [5, 5.41) is 9.73. The largest absolute Gasteiger partial charge is 0.478 e. The number of aryl methyl sites for hydroxylation is 1. The fourth-order valence-electron chi connectivity index (χ4n) is 2.49. The Morgan fingerprint density at radius 1 is 1.12 bits per heavy atom. The van der Waals surface area contributed by atoms with E-state index in [0.717, 1.165) is 9.95 Å². The van der Waals surface area contributed by atoms with Crippen molar-refractivity contribution in [3.8, 4) is 0 Å². The number of hydrogen-bond donors (Lipinski definition) is 1. The van der Waals surface area contributed by atoms with Gasteiger partial charge in [0.15, 0.2) is 0 Å². The molecule has 0 radical (unpaired) electrons. The highest BCUT2D eigenvalue weighted by Gasteiger charge is 2.06. The number of aromatic carboxylic acids is 1. The second-order valence-corrected chi connectivity index (χ2v) is 5.62. The molecule has 0 bridgehead atoms. The first-order valence-corrected chi connectivity index (χ1v) is 7.45. The van der Waals surface area contributed by atoms with Crippen molar-refractivity contribution in [2.45, 2.75) is 0 Å². The molecule has 1 aromatic carbocycles. The molecular weight excluding hydrogens is 322 g/mol. The molecule has 3 aromatic rings. The molecule has 0 amide bonds. The van der Waals surface area contributed by atoms with Gasteiger partial charge in [-0.2, -0.15) is 0 Å². The van der Waals surface area contributed by atoms with E-state index in [4.69, 9.17) is 5.11 Å². The van der Waals surface area contributed by atoms with E-state index in [0.29, 0.717) is 16.8 Å². The van der Waals surface area contributed by atoms with Crippen LogP contribution < -0.4 is 11.2 Å². The number of carbonyl (C=O) groups is 1. The summed E-state index contributed by atoms with van der Waals surface area (Å²) in [7, 11) is 3.00. The van der Waals surface area contributed by atoms with E-state index in [1.54, 1.807) is 43.5 Å². The van der Waals surface area contributed by atoms with Crippen LogP contribution in [-0.4, -0.2) is 25.2 Å². The van der Waals surface area contributed by atoms with E-state index in [-0.39, 0.29) is 16.8 Å². The Labute approximate surface area is 142 Å². The van der Waals surface area contributed by atoms with Crippen molar-refractivity contribution in [3.63, 3.8) is 0 Å². The lowest BCUT2D eigenvalue weighted by molar-refractivity contribution is 0.0697. The van der Waals surface area contributed by atoms with Crippen LogP contribution in [0.4, 0.5) is 0 Å². The van der Waals surface area contributed by atoms with Crippen LogP contribution in [0.3, 0.4) is 0 Å². The Morgan fingerprint density at radius 3 is 2.60 bits per heavy atom. The molecular formula is C18H15N3O4. The lowest BCUT2D eigenvalue weighted by Crippen LogP contribution is -2.37. The number of fused-ring (bicyclic) bond motifs is 1. The van der Waals surface area contributed by atoms with E-state index >= 15 is 0 Å². The number of benzene rings is 1. The fraction of sp³-hybridized carbons (Fsp3) is 0.111. The van der Waals surface area contributed by atoms with Crippen LogP contribution in [0.15, 0.2) is 46.1 Å². The standard InChI is InChI=1S/C18H15N3O4/c1-20-10-13(16(22)21(2)18(20)25)4-7-14-6-3-11-9-12(17(23)24)5-8-15(11)19-14/h3-10H,1-2H3,(H,23,24)/b7-4+. The molecule has 0 atom stereocenters. The summed E-state index contributed by atoms with van der Waals surface area (Å²) in [4.78, 5) is 39.2. The monoisotopic (exact) mass is 337 g/mol. The fourth-order valence-corrected chi connectivity index (χ4v) is 2.49. The SMILES string of the molecule is Cn1cc(/C=C/c2ccc3cc(C(=O)O)ccc3n2)c(=O)n(C)c1=O. The number of rotatable bonds is 3. The van der Waals surface area contributed by atoms with Gasteiger partial charge >= 0.3 is 11.7 Å². The van der Waals surface area contributed by atoms with Crippen LogP contribution in [0.2, 0.25) is 0 Å². The molecule has 0 fully saturated rings. The van der Waals surface area contributed by atoms with E-state index in [2.05, 4.69) is 4.98 Å².